The summed E-state index contributed by atoms with van der Waals surface area (Å²) in [5.41, 5.74) is 0. The number of likely N-dealkylation sites (tertiary alicyclic amines) is 1. The van der Waals surface area contributed by atoms with Crippen LogP contribution < -0.4 is 0 Å². The van der Waals surface area contributed by atoms with E-state index in [0.717, 1.165) is 19.4 Å². The fourth-order valence-electron chi connectivity index (χ4n) is 1.53. The highest BCUT2D eigenvalue weighted by molar-refractivity contribution is 14.1. The molecule has 1 unspecified atom stereocenters. The summed E-state index contributed by atoms with van der Waals surface area (Å²) in [4.78, 5) is 13.6. The fourth-order valence-corrected chi connectivity index (χ4v) is 2.56. The van der Waals surface area contributed by atoms with Crippen molar-refractivity contribution in [2.45, 2.75) is 43.1 Å². The lowest BCUT2D eigenvalue weighted by molar-refractivity contribution is -0.132. The van der Waals surface area contributed by atoms with E-state index in [1.165, 1.54) is 19.3 Å². The highest BCUT2D eigenvalue weighted by Gasteiger charge is 2.23. The molecule has 0 N–H and O–H groups in total. The standard InChI is InChI=1S/C9H16INO/c1-2-5-9(12)11-7-4-3-6-8(11)10/h8H,2-7H2,1H3. The van der Waals surface area contributed by atoms with Crippen LogP contribution in [0.25, 0.3) is 0 Å². The van der Waals surface area contributed by atoms with E-state index in [4.69, 9.17) is 0 Å². The topological polar surface area (TPSA) is 20.3 Å². The summed E-state index contributed by atoms with van der Waals surface area (Å²) in [5.74, 6) is 0.344. The lowest BCUT2D eigenvalue weighted by atomic mass is 10.1. The van der Waals surface area contributed by atoms with Crippen LogP contribution in [0.5, 0.6) is 0 Å². The molecule has 1 saturated heterocycles. The average Bonchev–Trinajstić information content (AvgIpc) is 2.05. The van der Waals surface area contributed by atoms with Crippen molar-refractivity contribution in [2.24, 2.45) is 0 Å². The Morgan fingerprint density at radius 3 is 2.92 bits per heavy atom. The predicted octanol–water partition coefficient (Wildman–Crippen LogP) is 2.56. The smallest absolute Gasteiger partial charge is 0.223 e. The van der Waals surface area contributed by atoms with E-state index in [-0.39, 0.29) is 0 Å². The van der Waals surface area contributed by atoms with Crippen molar-refractivity contribution in [3.05, 3.63) is 0 Å². The molecular formula is C9H16INO. The third-order valence-electron chi connectivity index (χ3n) is 2.21. The number of alkyl halides is 1. The van der Waals surface area contributed by atoms with E-state index in [9.17, 15) is 4.79 Å². The monoisotopic (exact) mass is 281 g/mol. The molecule has 1 atom stereocenters. The van der Waals surface area contributed by atoms with Crippen molar-refractivity contribution in [2.75, 3.05) is 6.54 Å². The molecule has 0 aromatic carbocycles. The lowest BCUT2D eigenvalue weighted by Gasteiger charge is -2.32. The van der Waals surface area contributed by atoms with Gasteiger partial charge in [0.05, 0.1) is 4.05 Å². The number of rotatable bonds is 2. The third-order valence-corrected chi connectivity index (χ3v) is 3.51. The van der Waals surface area contributed by atoms with Gasteiger partial charge in [0.25, 0.3) is 0 Å². The molecule has 0 aromatic rings. The van der Waals surface area contributed by atoms with Gasteiger partial charge in [-0.2, -0.15) is 0 Å². The van der Waals surface area contributed by atoms with Gasteiger partial charge in [0, 0.05) is 13.0 Å². The number of carbonyl (C=O) groups excluding carboxylic acids is 1. The summed E-state index contributed by atoms with van der Waals surface area (Å²) < 4.78 is 0.454. The molecule has 12 heavy (non-hydrogen) atoms. The number of hydrogen-bond donors (Lipinski definition) is 0. The first-order chi connectivity index (χ1) is 5.75. The van der Waals surface area contributed by atoms with Crippen LogP contribution >= 0.6 is 22.6 Å². The van der Waals surface area contributed by atoms with Gasteiger partial charge in [-0.05, 0) is 25.7 Å². The summed E-state index contributed by atoms with van der Waals surface area (Å²) in [7, 11) is 0. The van der Waals surface area contributed by atoms with Crippen LogP contribution in [-0.2, 0) is 4.79 Å². The zero-order valence-electron chi connectivity index (χ0n) is 7.55. The van der Waals surface area contributed by atoms with Crippen molar-refractivity contribution in [3.8, 4) is 0 Å². The first-order valence-electron chi connectivity index (χ1n) is 4.69. The molecule has 0 bridgehead atoms. The second-order valence-corrected chi connectivity index (χ2v) is 4.71. The van der Waals surface area contributed by atoms with E-state index in [0.29, 0.717) is 9.96 Å². The normalized spacial score (nSPS) is 24.2. The molecule has 70 valence electrons. The van der Waals surface area contributed by atoms with Gasteiger partial charge in [0.15, 0.2) is 0 Å². The van der Waals surface area contributed by atoms with Crippen LogP contribution in [-0.4, -0.2) is 21.4 Å². The first-order valence-corrected chi connectivity index (χ1v) is 5.93. The molecule has 1 amide bonds. The van der Waals surface area contributed by atoms with Crippen LogP contribution in [0.1, 0.15) is 39.0 Å². The van der Waals surface area contributed by atoms with Gasteiger partial charge in [-0.25, -0.2) is 0 Å². The number of carbonyl (C=O) groups is 1. The SMILES string of the molecule is CCCC(=O)N1CCCCC1I. The number of hydrogen-bond acceptors (Lipinski definition) is 1. The van der Waals surface area contributed by atoms with Crippen molar-refractivity contribution in [1.29, 1.82) is 0 Å². The number of piperidine rings is 1. The molecule has 3 heteroatoms. The molecule has 0 aromatic heterocycles. The number of nitrogens with zero attached hydrogens (tertiary/aromatic N) is 1. The van der Waals surface area contributed by atoms with Crippen molar-refractivity contribution < 1.29 is 4.79 Å². The molecule has 1 fully saturated rings. The Morgan fingerprint density at radius 2 is 2.33 bits per heavy atom. The third kappa shape index (κ3) is 2.61. The lowest BCUT2D eigenvalue weighted by Crippen LogP contribution is -2.40. The number of amides is 1. The Bertz CT molecular complexity index is 161. The maximum Gasteiger partial charge on any atom is 0.223 e. The summed E-state index contributed by atoms with van der Waals surface area (Å²) in [6.45, 7) is 3.04. The number of halogens is 1. The Balaban J connectivity index is 2.42. The van der Waals surface area contributed by atoms with E-state index < -0.39 is 0 Å². The second-order valence-electron chi connectivity index (χ2n) is 3.27. The largest absolute Gasteiger partial charge is 0.331 e. The first kappa shape index (κ1) is 10.3. The molecule has 0 spiro atoms. The Kier molecular flexibility index (Phi) is 4.32. The quantitative estimate of drug-likeness (QED) is 0.433. The Morgan fingerprint density at radius 1 is 1.58 bits per heavy atom. The highest BCUT2D eigenvalue weighted by Crippen LogP contribution is 2.22. The van der Waals surface area contributed by atoms with Gasteiger partial charge in [-0.3, -0.25) is 4.79 Å². The van der Waals surface area contributed by atoms with Crippen LogP contribution in [0.15, 0.2) is 0 Å². The molecule has 0 saturated carbocycles. The molecule has 1 aliphatic heterocycles. The summed E-state index contributed by atoms with van der Waals surface area (Å²) in [6, 6.07) is 0. The van der Waals surface area contributed by atoms with Gasteiger partial charge in [-0.1, -0.05) is 29.5 Å². The van der Waals surface area contributed by atoms with E-state index in [1.807, 2.05) is 4.90 Å². The maximum absolute atomic E-state index is 11.5. The average molecular weight is 281 g/mol. The zero-order valence-corrected chi connectivity index (χ0v) is 9.71. The van der Waals surface area contributed by atoms with Crippen molar-refractivity contribution in [3.63, 3.8) is 0 Å². The Hall–Kier alpha value is 0.200. The molecule has 0 aliphatic carbocycles. The van der Waals surface area contributed by atoms with E-state index >= 15 is 0 Å². The van der Waals surface area contributed by atoms with Gasteiger partial charge >= 0.3 is 0 Å². The zero-order chi connectivity index (χ0) is 8.97. The summed E-state index contributed by atoms with van der Waals surface area (Å²) in [6.07, 6.45) is 5.34. The minimum absolute atomic E-state index is 0.344. The minimum atomic E-state index is 0.344. The second kappa shape index (κ2) is 5.04. The molecule has 1 aliphatic rings. The van der Waals surface area contributed by atoms with Crippen LogP contribution in [0.2, 0.25) is 0 Å². The predicted molar refractivity (Wildman–Crippen MR) is 58.3 cm³/mol. The Labute approximate surface area is 87.8 Å². The van der Waals surface area contributed by atoms with Gasteiger partial charge < -0.3 is 4.90 Å². The van der Waals surface area contributed by atoms with E-state index in [2.05, 4.69) is 29.5 Å². The maximum atomic E-state index is 11.5. The molecule has 2 nitrogen and oxygen atoms in total. The highest BCUT2D eigenvalue weighted by atomic mass is 127. The summed E-state index contributed by atoms with van der Waals surface area (Å²) in [5, 5.41) is 0. The fraction of sp³-hybridized carbons (Fsp3) is 0.889. The van der Waals surface area contributed by atoms with Crippen LogP contribution in [0.4, 0.5) is 0 Å². The van der Waals surface area contributed by atoms with Crippen LogP contribution in [0.3, 0.4) is 0 Å². The van der Waals surface area contributed by atoms with Crippen molar-refractivity contribution in [1.82, 2.24) is 4.90 Å². The van der Waals surface area contributed by atoms with Crippen molar-refractivity contribution >= 4 is 28.5 Å². The molecule has 0 radical (unpaired) electrons. The van der Waals surface area contributed by atoms with Gasteiger partial charge in [-0.15, -0.1) is 0 Å². The van der Waals surface area contributed by atoms with Gasteiger partial charge in [0.2, 0.25) is 5.91 Å². The molecule has 1 heterocycles. The van der Waals surface area contributed by atoms with E-state index in [1.54, 1.807) is 0 Å². The summed E-state index contributed by atoms with van der Waals surface area (Å²) >= 11 is 2.38. The van der Waals surface area contributed by atoms with Gasteiger partial charge in [0.1, 0.15) is 0 Å². The molecular weight excluding hydrogens is 265 g/mol. The molecule has 1 rings (SSSR count). The van der Waals surface area contributed by atoms with Crippen LogP contribution in [0, 0.1) is 0 Å². The minimum Gasteiger partial charge on any atom is -0.331 e.